The van der Waals surface area contributed by atoms with Crippen LogP contribution in [-0.4, -0.2) is 56.3 Å². The molecule has 2 aromatic rings. The number of hydrogen-bond donors (Lipinski definition) is 1. The van der Waals surface area contributed by atoms with E-state index in [1.165, 1.54) is 13.0 Å². The molecule has 5 rings (SSSR count). The molecule has 0 aromatic heterocycles. The third-order valence-electron chi connectivity index (χ3n) is 7.45. The summed E-state index contributed by atoms with van der Waals surface area (Å²) < 4.78 is 76.5. The van der Waals surface area contributed by atoms with Crippen molar-refractivity contribution >= 4 is 15.9 Å². The molecular weight excluding hydrogens is 481 g/mol. The fraction of sp³-hybridized carbons (Fsp3) is 0.480. The normalized spacial score (nSPS) is 25.0. The van der Waals surface area contributed by atoms with E-state index in [9.17, 15) is 22.0 Å². The molecular formula is C25H27F3N2O4S. The summed E-state index contributed by atoms with van der Waals surface area (Å²) in [5.74, 6) is -2.61. The Hall–Kier alpha value is -2.43. The Labute approximate surface area is 202 Å². The highest BCUT2D eigenvalue weighted by Gasteiger charge is 2.61. The molecule has 1 amide bonds. The SMILES string of the molecule is CCS(=O)(=O)N[C@@H]1[C@H](Cc2cccc(-c3cc(F)cc(F)c3)c2F)N(C(=O)[C@H]2CCO2)CC12CC2. The lowest BCUT2D eigenvalue weighted by Crippen LogP contribution is -2.53. The highest BCUT2D eigenvalue weighted by Crippen LogP contribution is 2.56. The zero-order valence-corrected chi connectivity index (χ0v) is 20.1. The van der Waals surface area contributed by atoms with Gasteiger partial charge in [-0.1, -0.05) is 18.2 Å². The zero-order valence-electron chi connectivity index (χ0n) is 19.3. The van der Waals surface area contributed by atoms with Crippen molar-refractivity contribution < 1.29 is 31.1 Å². The standard InChI is InChI=1S/C25H27F3N2O4S/c1-2-35(32,33)29-23-20(30(14-25(23)7-8-25)24(31)21-6-9-34-21)12-15-4-3-5-19(22(15)28)16-10-17(26)13-18(27)11-16/h3-5,10-11,13,20-21,23,29H,2,6-9,12,14H2,1H3/t20-,21+,23+/m0/s1. The second-order valence-electron chi connectivity index (χ2n) is 9.68. The average Bonchev–Trinajstić information content (AvgIpc) is 3.48. The molecule has 35 heavy (non-hydrogen) atoms. The number of halogens is 3. The molecule has 10 heteroatoms. The van der Waals surface area contributed by atoms with Gasteiger partial charge in [0.15, 0.2) is 0 Å². The largest absolute Gasteiger partial charge is 0.368 e. The second kappa shape index (κ2) is 8.90. The van der Waals surface area contributed by atoms with Crippen LogP contribution in [0.15, 0.2) is 36.4 Å². The molecule has 1 spiro atoms. The molecule has 3 aliphatic rings. The number of carbonyl (C=O) groups is 1. The molecule has 2 heterocycles. The monoisotopic (exact) mass is 508 g/mol. The summed E-state index contributed by atoms with van der Waals surface area (Å²) in [6.07, 6.45) is 1.60. The Balaban J connectivity index is 1.51. The minimum atomic E-state index is -3.59. The average molecular weight is 509 g/mol. The van der Waals surface area contributed by atoms with Gasteiger partial charge in [-0.2, -0.15) is 0 Å². The zero-order chi connectivity index (χ0) is 25.0. The number of carbonyl (C=O) groups excluding carboxylic acids is 1. The van der Waals surface area contributed by atoms with Crippen LogP contribution in [0.1, 0.15) is 31.7 Å². The molecule has 2 aromatic carbocycles. The van der Waals surface area contributed by atoms with Gasteiger partial charge >= 0.3 is 0 Å². The van der Waals surface area contributed by atoms with Gasteiger partial charge in [0.05, 0.1) is 18.4 Å². The minimum Gasteiger partial charge on any atom is -0.368 e. The summed E-state index contributed by atoms with van der Waals surface area (Å²) in [4.78, 5) is 14.9. The first-order valence-corrected chi connectivity index (χ1v) is 13.4. The maximum atomic E-state index is 15.7. The fourth-order valence-corrected chi connectivity index (χ4v) is 6.19. The van der Waals surface area contributed by atoms with E-state index in [1.807, 2.05) is 0 Å². The number of nitrogens with one attached hydrogen (secondary N) is 1. The Morgan fingerprint density at radius 2 is 1.86 bits per heavy atom. The van der Waals surface area contributed by atoms with Gasteiger partial charge in [0, 0.05) is 36.1 Å². The van der Waals surface area contributed by atoms with Crippen LogP contribution in [0, 0.1) is 22.9 Å². The summed E-state index contributed by atoms with van der Waals surface area (Å²) >= 11 is 0. The van der Waals surface area contributed by atoms with Gasteiger partial charge in [-0.25, -0.2) is 26.3 Å². The maximum Gasteiger partial charge on any atom is 0.252 e. The molecule has 6 nitrogen and oxygen atoms in total. The topological polar surface area (TPSA) is 75.7 Å². The number of nitrogens with zero attached hydrogens (tertiary/aromatic N) is 1. The van der Waals surface area contributed by atoms with Crippen molar-refractivity contribution in [3.05, 3.63) is 59.4 Å². The van der Waals surface area contributed by atoms with Crippen molar-refractivity contribution in [1.29, 1.82) is 0 Å². The van der Waals surface area contributed by atoms with Crippen molar-refractivity contribution in [3.63, 3.8) is 0 Å². The summed E-state index contributed by atoms with van der Waals surface area (Å²) in [6, 6.07) is 6.23. The van der Waals surface area contributed by atoms with Gasteiger partial charge in [0.1, 0.15) is 23.6 Å². The van der Waals surface area contributed by atoms with E-state index in [0.29, 0.717) is 19.6 Å². The first-order chi connectivity index (χ1) is 16.6. The third-order valence-corrected chi connectivity index (χ3v) is 8.82. The Kier molecular flexibility index (Phi) is 6.17. The van der Waals surface area contributed by atoms with E-state index in [1.54, 1.807) is 17.0 Å². The van der Waals surface area contributed by atoms with Crippen LogP contribution in [-0.2, 0) is 26.0 Å². The van der Waals surface area contributed by atoms with E-state index in [-0.39, 0.29) is 40.2 Å². The van der Waals surface area contributed by atoms with Crippen molar-refractivity contribution in [2.75, 3.05) is 18.9 Å². The number of benzene rings is 2. The van der Waals surface area contributed by atoms with E-state index in [4.69, 9.17) is 4.74 Å². The van der Waals surface area contributed by atoms with Gasteiger partial charge in [-0.15, -0.1) is 0 Å². The third kappa shape index (κ3) is 4.59. The lowest BCUT2D eigenvalue weighted by atomic mass is 9.91. The maximum absolute atomic E-state index is 15.7. The van der Waals surface area contributed by atoms with Gasteiger partial charge in [0.2, 0.25) is 10.0 Å². The molecule has 1 saturated carbocycles. The summed E-state index contributed by atoms with van der Waals surface area (Å²) in [7, 11) is -3.59. The van der Waals surface area contributed by atoms with Crippen LogP contribution < -0.4 is 4.72 Å². The first kappa shape index (κ1) is 24.3. The number of sulfonamides is 1. The van der Waals surface area contributed by atoms with Crippen LogP contribution in [0.3, 0.4) is 0 Å². The van der Waals surface area contributed by atoms with Crippen LogP contribution >= 0.6 is 0 Å². The number of rotatable bonds is 7. The van der Waals surface area contributed by atoms with Gasteiger partial charge in [0.25, 0.3) is 5.91 Å². The molecule has 0 bridgehead atoms. The lowest BCUT2D eigenvalue weighted by Gasteiger charge is -2.34. The van der Waals surface area contributed by atoms with Crippen molar-refractivity contribution in [2.24, 2.45) is 5.41 Å². The minimum absolute atomic E-state index is 0.0333. The number of hydrogen-bond acceptors (Lipinski definition) is 4. The highest BCUT2D eigenvalue weighted by atomic mass is 32.2. The molecule has 0 radical (unpaired) electrons. The second-order valence-corrected chi connectivity index (χ2v) is 11.7. The van der Waals surface area contributed by atoms with Gasteiger partial charge < -0.3 is 9.64 Å². The smallest absolute Gasteiger partial charge is 0.252 e. The van der Waals surface area contributed by atoms with Crippen molar-refractivity contribution in [3.8, 4) is 11.1 Å². The number of likely N-dealkylation sites (tertiary alicyclic amines) is 1. The quantitative estimate of drug-likeness (QED) is 0.622. The molecule has 3 fully saturated rings. The Bertz CT molecular complexity index is 1240. The fourth-order valence-electron chi connectivity index (χ4n) is 5.23. The van der Waals surface area contributed by atoms with E-state index in [2.05, 4.69) is 4.72 Å². The van der Waals surface area contributed by atoms with Gasteiger partial charge in [-0.05, 0) is 49.4 Å². The molecule has 3 atom stereocenters. The summed E-state index contributed by atoms with van der Waals surface area (Å²) in [6.45, 7) is 2.41. The molecule has 2 aliphatic heterocycles. The van der Waals surface area contributed by atoms with Crippen LogP contribution in [0.25, 0.3) is 11.1 Å². The first-order valence-electron chi connectivity index (χ1n) is 11.8. The molecule has 2 saturated heterocycles. The van der Waals surface area contributed by atoms with E-state index in [0.717, 1.165) is 31.0 Å². The number of ether oxygens (including phenoxy) is 1. The van der Waals surface area contributed by atoms with Gasteiger partial charge in [-0.3, -0.25) is 4.79 Å². The molecule has 1 aliphatic carbocycles. The van der Waals surface area contributed by atoms with E-state index < -0.39 is 45.7 Å². The predicted octanol–water partition coefficient (Wildman–Crippen LogP) is 3.40. The van der Waals surface area contributed by atoms with Crippen LogP contribution in [0.5, 0.6) is 0 Å². The number of amides is 1. The summed E-state index contributed by atoms with van der Waals surface area (Å²) in [5.41, 5.74) is -0.0497. The van der Waals surface area contributed by atoms with Crippen molar-refractivity contribution in [1.82, 2.24) is 9.62 Å². The molecule has 0 unspecified atom stereocenters. The molecule has 188 valence electrons. The van der Waals surface area contributed by atoms with E-state index >= 15 is 4.39 Å². The Morgan fingerprint density at radius 1 is 1.17 bits per heavy atom. The van der Waals surface area contributed by atoms with Crippen LogP contribution in [0.2, 0.25) is 0 Å². The summed E-state index contributed by atoms with van der Waals surface area (Å²) in [5, 5.41) is 0. The van der Waals surface area contributed by atoms with Crippen molar-refractivity contribution in [2.45, 2.75) is 50.8 Å². The van der Waals surface area contributed by atoms with Crippen LogP contribution in [0.4, 0.5) is 13.2 Å². The Morgan fingerprint density at radius 3 is 2.43 bits per heavy atom. The lowest BCUT2D eigenvalue weighted by molar-refractivity contribution is -0.157. The predicted molar refractivity (Wildman–Crippen MR) is 123 cm³/mol. The molecule has 1 N–H and O–H groups in total. The highest BCUT2D eigenvalue weighted by molar-refractivity contribution is 7.89.